The van der Waals surface area contributed by atoms with Crippen molar-refractivity contribution in [1.29, 1.82) is 0 Å². The second-order valence-corrected chi connectivity index (χ2v) is 6.04. The smallest absolute Gasteiger partial charge is 0.0965 e. The Bertz CT molecular complexity index is 306. The maximum atomic E-state index is 4.36. The van der Waals surface area contributed by atoms with Crippen molar-refractivity contribution in [3.05, 3.63) is 16.6 Å². The van der Waals surface area contributed by atoms with Gasteiger partial charge in [0.25, 0.3) is 0 Å². The van der Waals surface area contributed by atoms with Crippen molar-refractivity contribution >= 4 is 11.3 Å². The molecule has 3 unspecified atom stereocenters. The van der Waals surface area contributed by atoms with Gasteiger partial charge in [-0.15, -0.1) is 11.3 Å². The van der Waals surface area contributed by atoms with Crippen molar-refractivity contribution in [2.24, 2.45) is 0 Å². The highest BCUT2D eigenvalue weighted by atomic mass is 32.1. The molecule has 0 aromatic carbocycles. The Kier molecular flexibility index (Phi) is 4.95. The number of hydrogen-bond acceptors (Lipinski definition) is 4. The lowest BCUT2D eigenvalue weighted by Crippen LogP contribution is -2.35. The Morgan fingerprint density at radius 2 is 2.47 bits per heavy atom. The van der Waals surface area contributed by atoms with Gasteiger partial charge in [-0.05, 0) is 32.7 Å². The SMILES string of the molecule is CC(CC1CCCN1)NCC(C)c1nccs1. The van der Waals surface area contributed by atoms with E-state index in [0.29, 0.717) is 12.0 Å². The second kappa shape index (κ2) is 6.47. The maximum Gasteiger partial charge on any atom is 0.0965 e. The predicted molar refractivity (Wildman–Crippen MR) is 73.6 cm³/mol. The Morgan fingerprint density at radius 1 is 1.59 bits per heavy atom. The van der Waals surface area contributed by atoms with Crippen LogP contribution in [0.1, 0.15) is 44.0 Å². The molecule has 1 aromatic heterocycles. The van der Waals surface area contributed by atoms with Crippen LogP contribution in [0.3, 0.4) is 0 Å². The molecule has 0 aliphatic carbocycles. The van der Waals surface area contributed by atoms with E-state index in [1.165, 1.54) is 30.8 Å². The van der Waals surface area contributed by atoms with E-state index in [1.807, 2.05) is 6.20 Å². The van der Waals surface area contributed by atoms with Gasteiger partial charge in [0.05, 0.1) is 5.01 Å². The zero-order valence-electron chi connectivity index (χ0n) is 10.8. The van der Waals surface area contributed by atoms with E-state index in [0.717, 1.165) is 12.6 Å². The van der Waals surface area contributed by atoms with Gasteiger partial charge in [0, 0.05) is 36.1 Å². The fraction of sp³-hybridized carbons (Fsp3) is 0.769. The molecule has 0 amide bonds. The molecule has 0 saturated carbocycles. The summed E-state index contributed by atoms with van der Waals surface area (Å²) in [5, 5.41) is 10.5. The van der Waals surface area contributed by atoms with Crippen LogP contribution in [0.5, 0.6) is 0 Å². The van der Waals surface area contributed by atoms with E-state index < -0.39 is 0 Å². The summed E-state index contributed by atoms with van der Waals surface area (Å²) in [5.41, 5.74) is 0. The lowest BCUT2D eigenvalue weighted by molar-refractivity contribution is 0.431. The highest BCUT2D eigenvalue weighted by molar-refractivity contribution is 7.09. The summed E-state index contributed by atoms with van der Waals surface area (Å²) in [6.45, 7) is 6.76. The van der Waals surface area contributed by atoms with E-state index in [-0.39, 0.29) is 0 Å². The van der Waals surface area contributed by atoms with Crippen LogP contribution in [0.2, 0.25) is 0 Å². The van der Waals surface area contributed by atoms with Gasteiger partial charge in [0.15, 0.2) is 0 Å². The first kappa shape index (κ1) is 13.0. The number of nitrogens with one attached hydrogen (secondary N) is 2. The summed E-state index contributed by atoms with van der Waals surface area (Å²) in [5.74, 6) is 0.522. The van der Waals surface area contributed by atoms with Crippen LogP contribution in [0, 0.1) is 0 Å². The Morgan fingerprint density at radius 3 is 3.12 bits per heavy atom. The number of thiazole rings is 1. The molecule has 0 radical (unpaired) electrons. The molecule has 96 valence electrons. The molecule has 1 aliphatic rings. The molecular weight excluding hydrogens is 230 g/mol. The van der Waals surface area contributed by atoms with Crippen molar-refractivity contribution in [2.75, 3.05) is 13.1 Å². The van der Waals surface area contributed by atoms with Crippen molar-refractivity contribution < 1.29 is 0 Å². The minimum absolute atomic E-state index is 0.522. The fourth-order valence-corrected chi connectivity index (χ4v) is 3.11. The third-order valence-electron chi connectivity index (χ3n) is 3.45. The molecule has 2 heterocycles. The van der Waals surface area contributed by atoms with Crippen molar-refractivity contribution in [2.45, 2.75) is 51.1 Å². The minimum Gasteiger partial charge on any atom is -0.314 e. The van der Waals surface area contributed by atoms with Crippen molar-refractivity contribution in [3.8, 4) is 0 Å². The number of nitrogens with zero attached hydrogens (tertiary/aromatic N) is 1. The molecule has 3 atom stereocenters. The summed E-state index contributed by atoms with van der Waals surface area (Å²) < 4.78 is 0. The zero-order chi connectivity index (χ0) is 12.1. The van der Waals surface area contributed by atoms with Gasteiger partial charge in [-0.1, -0.05) is 6.92 Å². The summed E-state index contributed by atoms with van der Waals surface area (Å²) in [6.07, 6.45) is 5.81. The first-order chi connectivity index (χ1) is 8.25. The molecular formula is C13H23N3S. The first-order valence-electron chi connectivity index (χ1n) is 6.62. The summed E-state index contributed by atoms with van der Waals surface area (Å²) in [6, 6.07) is 1.32. The molecule has 2 rings (SSSR count). The van der Waals surface area contributed by atoms with Gasteiger partial charge in [-0.25, -0.2) is 4.98 Å². The number of hydrogen-bond donors (Lipinski definition) is 2. The van der Waals surface area contributed by atoms with Crippen LogP contribution in [-0.2, 0) is 0 Å². The highest BCUT2D eigenvalue weighted by Crippen LogP contribution is 2.17. The van der Waals surface area contributed by atoms with Crippen LogP contribution in [0.25, 0.3) is 0 Å². The number of aromatic nitrogens is 1. The number of rotatable bonds is 6. The largest absolute Gasteiger partial charge is 0.314 e. The van der Waals surface area contributed by atoms with Gasteiger partial charge in [0.1, 0.15) is 0 Å². The topological polar surface area (TPSA) is 37.0 Å². The molecule has 2 N–H and O–H groups in total. The molecule has 1 aromatic rings. The van der Waals surface area contributed by atoms with E-state index in [1.54, 1.807) is 11.3 Å². The lowest BCUT2D eigenvalue weighted by Gasteiger charge is -2.20. The van der Waals surface area contributed by atoms with E-state index in [9.17, 15) is 0 Å². The second-order valence-electron chi connectivity index (χ2n) is 5.11. The fourth-order valence-electron chi connectivity index (χ4n) is 2.41. The predicted octanol–water partition coefficient (Wildman–Crippen LogP) is 2.37. The van der Waals surface area contributed by atoms with Gasteiger partial charge >= 0.3 is 0 Å². The van der Waals surface area contributed by atoms with Crippen molar-refractivity contribution in [3.63, 3.8) is 0 Å². The molecule has 0 bridgehead atoms. The molecule has 1 fully saturated rings. The lowest BCUT2D eigenvalue weighted by atomic mass is 10.1. The Balaban J connectivity index is 1.66. The molecule has 17 heavy (non-hydrogen) atoms. The molecule has 1 aliphatic heterocycles. The van der Waals surface area contributed by atoms with E-state index in [2.05, 4.69) is 34.8 Å². The highest BCUT2D eigenvalue weighted by Gasteiger charge is 2.17. The van der Waals surface area contributed by atoms with E-state index in [4.69, 9.17) is 0 Å². The van der Waals surface area contributed by atoms with Crippen LogP contribution < -0.4 is 10.6 Å². The van der Waals surface area contributed by atoms with Gasteiger partial charge < -0.3 is 10.6 Å². The summed E-state index contributed by atoms with van der Waals surface area (Å²) >= 11 is 1.75. The Hall–Kier alpha value is -0.450. The van der Waals surface area contributed by atoms with Gasteiger partial charge in [0.2, 0.25) is 0 Å². The molecule has 0 spiro atoms. The minimum atomic E-state index is 0.522. The van der Waals surface area contributed by atoms with Crippen molar-refractivity contribution in [1.82, 2.24) is 15.6 Å². The normalized spacial score (nSPS) is 23.8. The van der Waals surface area contributed by atoms with Crippen LogP contribution in [-0.4, -0.2) is 30.2 Å². The van der Waals surface area contributed by atoms with Crippen LogP contribution >= 0.6 is 11.3 Å². The molecule has 3 nitrogen and oxygen atoms in total. The summed E-state index contributed by atoms with van der Waals surface area (Å²) in [7, 11) is 0. The standard InChI is InChI=1S/C13H23N3S/c1-10(13-15-6-7-17-13)9-16-11(2)8-12-4-3-5-14-12/h6-7,10-12,14,16H,3-5,8-9H2,1-2H3. The third kappa shape index (κ3) is 4.05. The average Bonchev–Trinajstić information content (AvgIpc) is 2.97. The monoisotopic (exact) mass is 253 g/mol. The van der Waals surface area contributed by atoms with E-state index >= 15 is 0 Å². The summed E-state index contributed by atoms with van der Waals surface area (Å²) in [4.78, 5) is 4.36. The molecule has 4 heteroatoms. The third-order valence-corrected chi connectivity index (χ3v) is 4.45. The first-order valence-corrected chi connectivity index (χ1v) is 7.50. The Labute approximate surface area is 108 Å². The quantitative estimate of drug-likeness (QED) is 0.817. The molecule has 1 saturated heterocycles. The van der Waals surface area contributed by atoms with Gasteiger partial charge in [-0.2, -0.15) is 0 Å². The average molecular weight is 253 g/mol. The van der Waals surface area contributed by atoms with Gasteiger partial charge in [-0.3, -0.25) is 0 Å². The van der Waals surface area contributed by atoms with Crippen LogP contribution in [0.15, 0.2) is 11.6 Å². The maximum absolute atomic E-state index is 4.36. The van der Waals surface area contributed by atoms with Crippen LogP contribution in [0.4, 0.5) is 0 Å². The zero-order valence-corrected chi connectivity index (χ0v) is 11.6.